The molecular formula is C34H39N5O6S. The van der Waals surface area contributed by atoms with E-state index in [0.29, 0.717) is 49.6 Å². The van der Waals surface area contributed by atoms with Crippen molar-refractivity contribution in [1.29, 1.82) is 0 Å². The van der Waals surface area contributed by atoms with Gasteiger partial charge in [-0.1, -0.05) is 91.0 Å². The average molecular weight is 646 g/mol. The third-order valence-corrected chi connectivity index (χ3v) is 9.02. The fourth-order valence-electron chi connectivity index (χ4n) is 5.33. The van der Waals surface area contributed by atoms with Gasteiger partial charge in [-0.05, 0) is 51.1 Å². The van der Waals surface area contributed by atoms with Crippen LogP contribution in [0.2, 0.25) is 0 Å². The number of nitrogens with zero attached hydrogens (tertiary/aromatic N) is 4. The molecule has 1 fully saturated rings. The highest BCUT2D eigenvalue weighted by molar-refractivity contribution is 7.99. The number of thioether (sulfide) groups is 1. The van der Waals surface area contributed by atoms with Crippen molar-refractivity contribution in [2.24, 2.45) is 7.05 Å². The van der Waals surface area contributed by atoms with Crippen molar-refractivity contribution in [2.75, 3.05) is 5.75 Å². The number of carboxylic acid groups (broad SMARTS) is 1. The fourth-order valence-corrected chi connectivity index (χ4v) is 6.20. The summed E-state index contributed by atoms with van der Waals surface area (Å²) in [5.41, 5.74) is 5.79. The summed E-state index contributed by atoms with van der Waals surface area (Å²) in [6, 6.07) is 23.9. The Labute approximate surface area is 272 Å². The number of aliphatic hydroxyl groups is 1. The van der Waals surface area contributed by atoms with E-state index in [1.165, 1.54) is 11.8 Å². The molecule has 46 heavy (non-hydrogen) atoms. The Morgan fingerprint density at radius 3 is 2.41 bits per heavy atom. The van der Waals surface area contributed by atoms with Gasteiger partial charge >= 0.3 is 5.97 Å². The van der Waals surface area contributed by atoms with E-state index in [1.54, 1.807) is 4.68 Å². The van der Waals surface area contributed by atoms with Crippen LogP contribution in [0.3, 0.4) is 0 Å². The molecule has 1 amide bonds. The van der Waals surface area contributed by atoms with Crippen LogP contribution in [0.15, 0.2) is 78.0 Å². The first-order valence-corrected chi connectivity index (χ1v) is 16.4. The van der Waals surface area contributed by atoms with Crippen molar-refractivity contribution in [1.82, 2.24) is 25.5 Å². The summed E-state index contributed by atoms with van der Waals surface area (Å²) in [6.07, 6.45) is 2.22. The van der Waals surface area contributed by atoms with Crippen molar-refractivity contribution in [3.8, 4) is 11.1 Å². The summed E-state index contributed by atoms with van der Waals surface area (Å²) < 4.78 is 14.6. The summed E-state index contributed by atoms with van der Waals surface area (Å²) in [4.78, 5) is 23.1. The largest absolute Gasteiger partial charge is 0.481 e. The molecule has 0 saturated carbocycles. The first-order valence-electron chi connectivity index (χ1n) is 15.4. The van der Waals surface area contributed by atoms with Gasteiger partial charge in [0.1, 0.15) is 0 Å². The molecule has 1 aliphatic heterocycles. The van der Waals surface area contributed by atoms with Crippen LogP contribution in [0.4, 0.5) is 0 Å². The first-order chi connectivity index (χ1) is 22.4. The molecule has 0 spiro atoms. The summed E-state index contributed by atoms with van der Waals surface area (Å²) >= 11 is 1.54. The zero-order valence-corrected chi connectivity index (χ0v) is 26.6. The smallest absolute Gasteiger partial charge is 0.303 e. The van der Waals surface area contributed by atoms with Gasteiger partial charge in [-0.25, -0.2) is 4.68 Å². The van der Waals surface area contributed by atoms with Gasteiger partial charge < -0.3 is 25.0 Å². The first kappa shape index (κ1) is 33.3. The second-order valence-electron chi connectivity index (χ2n) is 11.3. The Bertz CT molecular complexity index is 1580. The number of unbranched alkanes of at least 4 members (excludes halogenated alkanes) is 2. The molecule has 0 aliphatic carbocycles. The van der Waals surface area contributed by atoms with Crippen LogP contribution in [0, 0.1) is 0 Å². The van der Waals surface area contributed by atoms with E-state index in [9.17, 15) is 14.7 Å². The molecule has 12 heteroatoms. The lowest BCUT2D eigenvalue weighted by Gasteiger charge is -2.36. The molecule has 242 valence electrons. The predicted molar refractivity (Wildman–Crippen MR) is 172 cm³/mol. The van der Waals surface area contributed by atoms with Gasteiger partial charge in [0.15, 0.2) is 6.29 Å². The lowest BCUT2D eigenvalue weighted by molar-refractivity contribution is -0.245. The van der Waals surface area contributed by atoms with Crippen molar-refractivity contribution >= 4 is 23.6 Å². The van der Waals surface area contributed by atoms with Crippen LogP contribution in [0.1, 0.15) is 73.2 Å². The van der Waals surface area contributed by atoms with Gasteiger partial charge in [0, 0.05) is 44.2 Å². The van der Waals surface area contributed by atoms with E-state index in [-0.39, 0.29) is 31.1 Å². The number of carbonyl (C=O) groups excluding carboxylic acids is 1. The number of hydrogen-bond donors (Lipinski definition) is 3. The van der Waals surface area contributed by atoms with Gasteiger partial charge in [0.05, 0.1) is 18.8 Å². The number of aromatic nitrogens is 4. The van der Waals surface area contributed by atoms with Gasteiger partial charge in [0.2, 0.25) is 11.1 Å². The van der Waals surface area contributed by atoms with Crippen molar-refractivity contribution in [2.45, 2.75) is 75.3 Å². The Hall–Kier alpha value is -4.10. The van der Waals surface area contributed by atoms with E-state index >= 15 is 0 Å². The minimum Gasteiger partial charge on any atom is -0.481 e. The minimum atomic E-state index is -0.807. The van der Waals surface area contributed by atoms with E-state index in [2.05, 4.69) is 20.8 Å². The van der Waals surface area contributed by atoms with Crippen molar-refractivity contribution in [3.63, 3.8) is 0 Å². The summed E-state index contributed by atoms with van der Waals surface area (Å²) in [5, 5.41) is 33.7. The van der Waals surface area contributed by atoms with Gasteiger partial charge in [-0.15, -0.1) is 5.10 Å². The normalized spacial score (nSPS) is 17.9. The van der Waals surface area contributed by atoms with Crippen molar-refractivity contribution in [3.05, 3.63) is 95.1 Å². The molecule has 2 heterocycles. The van der Waals surface area contributed by atoms with E-state index in [0.717, 1.165) is 33.4 Å². The Kier molecular flexibility index (Phi) is 11.9. The number of hydrogen-bond acceptors (Lipinski definition) is 9. The highest BCUT2D eigenvalue weighted by atomic mass is 32.2. The van der Waals surface area contributed by atoms with Crippen LogP contribution < -0.4 is 5.32 Å². The Balaban J connectivity index is 1.25. The highest BCUT2D eigenvalue weighted by Crippen LogP contribution is 2.39. The van der Waals surface area contributed by atoms with Gasteiger partial charge in [-0.3, -0.25) is 9.59 Å². The highest BCUT2D eigenvalue weighted by Gasteiger charge is 2.32. The SMILES string of the molecule is Cn1nnnc1SC[C@@H]1C[C@H](c2ccc(CO)cc2)O[C@H](c2ccc(-c3ccccc3CNC(=O)CCCCCC(=O)O)cc2)O1. The van der Waals surface area contributed by atoms with Crippen LogP contribution in [-0.4, -0.2) is 54.2 Å². The lowest BCUT2D eigenvalue weighted by Crippen LogP contribution is -2.31. The third kappa shape index (κ3) is 9.23. The molecule has 3 N–H and O–H groups in total. The molecule has 0 bridgehead atoms. The van der Waals surface area contributed by atoms with E-state index < -0.39 is 12.3 Å². The second kappa shape index (κ2) is 16.5. The number of amides is 1. The van der Waals surface area contributed by atoms with Gasteiger partial charge in [-0.2, -0.15) is 0 Å². The molecule has 5 rings (SSSR count). The number of aliphatic hydroxyl groups excluding tert-OH is 1. The molecule has 11 nitrogen and oxygen atoms in total. The fraction of sp³-hybridized carbons (Fsp3) is 0.382. The lowest BCUT2D eigenvalue weighted by atomic mass is 9.97. The van der Waals surface area contributed by atoms with Gasteiger partial charge in [0.25, 0.3) is 0 Å². The number of rotatable bonds is 15. The molecule has 0 unspecified atom stereocenters. The molecular weight excluding hydrogens is 606 g/mol. The van der Waals surface area contributed by atoms with Crippen LogP contribution in [-0.2, 0) is 39.3 Å². The Morgan fingerprint density at radius 1 is 0.957 bits per heavy atom. The quantitative estimate of drug-likeness (QED) is 0.114. The molecule has 3 atom stereocenters. The molecule has 3 aromatic carbocycles. The number of tetrazole rings is 1. The number of aryl methyl sites for hydroxylation is 1. The maximum atomic E-state index is 12.4. The summed E-state index contributed by atoms with van der Waals surface area (Å²) in [7, 11) is 1.81. The average Bonchev–Trinajstić information content (AvgIpc) is 3.50. The topological polar surface area (TPSA) is 149 Å². The number of carbonyl (C=O) groups is 2. The maximum absolute atomic E-state index is 12.4. The molecule has 1 aromatic heterocycles. The van der Waals surface area contributed by atoms with Crippen LogP contribution in [0.25, 0.3) is 11.1 Å². The molecule has 0 radical (unpaired) electrons. The van der Waals surface area contributed by atoms with Crippen LogP contribution in [0.5, 0.6) is 0 Å². The minimum absolute atomic E-state index is 0.0133. The van der Waals surface area contributed by atoms with Crippen LogP contribution >= 0.6 is 11.8 Å². The third-order valence-electron chi connectivity index (χ3n) is 7.88. The predicted octanol–water partition coefficient (Wildman–Crippen LogP) is 5.36. The number of carboxylic acids is 1. The second-order valence-corrected chi connectivity index (χ2v) is 12.2. The molecule has 1 aliphatic rings. The molecule has 4 aromatic rings. The zero-order chi connectivity index (χ0) is 32.3. The zero-order valence-electron chi connectivity index (χ0n) is 25.7. The standard InChI is InChI=1S/C34H39N5O6S/c1-39-34(36-37-38-39)46-22-28-19-30(25-13-11-23(21-40)12-14-25)45-33(44-28)26-17-15-24(16-18-26)29-8-6-5-7-27(29)20-35-31(41)9-3-2-4-10-32(42)43/h5-8,11-18,28,30,33,40H,2-4,9-10,19-22H2,1H3,(H,35,41)(H,42,43)/t28-,30+,33+/m0/s1. The maximum Gasteiger partial charge on any atom is 0.303 e. The summed E-state index contributed by atoms with van der Waals surface area (Å²) in [6.45, 7) is 0.387. The number of ether oxygens (including phenoxy) is 2. The molecule has 1 saturated heterocycles. The monoisotopic (exact) mass is 645 g/mol. The number of aliphatic carboxylic acids is 1. The van der Waals surface area contributed by atoms with E-state index in [1.807, 2.05) is 79.8 Å². The summed E-state index contributed by atoms with van der Waals surface area (Å²) in [5.74, 6) is -0.201. The van der Waals surface area contributed by atoms with Crippen molar-refractivity contribution < 1.29 is 29.3 Å². The Morgan fingerprint density at radius 2 is 1.70 bits per heavy atom. The van der Waals surface area contributed by atoms with E-state index in [4.69, 9.17) is 14.6 Å². The number of benzene rings is 3. The number of nitrogens with one attached hydrogen (secondary N) is 1.